The van der Waals surface area contributed by atoms with E-state index in [0.717, 1.165) is 30.7 Å². The lowest BCUT2D eigenvalue weighted by Gasteiger charge is -2.23. The first kappa shape index (κ1) is 14.8. The third-order valence-corrected chi connectivity index (χ3v) is 4.15. The van der Waals surface area contributed by atoms with Crippen LogP contribution in [0.25, 0.3) is 0 Å². The van der Waals surface area contributed by atoms with Crippen molar-refractivity contribution in [1.82, 2.24) is 15.5 Å². The maximum Gasteiger partial charge on any atom is 0.223 e. The molecule has 1 atom stereocenters. The molecular weight excluding hydrogens is 278 g/mol. The SMILES string of the molecule is COCc1cc(CNC(=O)[C@H]2CCc3ccccc3C2)[nH]n1. The molecule has 0 bridgehead atoms. The second-order valence-corrected chi connectivity index (χ2v) is 5.74. The molecule has 0 saturated heterocycles. The average molecular weight is 299 g/mol. The first-order valence-corrected chi connectivity index (χ1v) is 7.63. The minimum Gasteiger partial charge on any atom is -0.378 e. The van der Waals surface area contributed by atoms with E-state index in [1.165, 1.54) is 11.1 Å². The van der Waals surface area contributed by atoms with Gasteiger partial charge in [-0.2, -0.15) is 5.10 Å². The van der Waals surface area contributed by atoms with Crippen LogP contribution in [0.3, 0.4) is 0 Å². The first-order chi connectivity index (χ1) is 10.8. The number of nitrogens with zero attached hydrogens (tertiary/aromatic N) is 1. The monoisotopic (exact) mass is 299 g/mol. The van der Waals surface area contributed by atoms with Crippen LogP contribution in [-0.4, -0.2) is 23.2 Å². The molecule has 0 spiro atoms. The van der Waals surface area contributed by atoms with Crippen LogP contribution in [0.5, 0.6) is 0 Å². The number of aryl methyl sites for hydroxylation is 1. The van der Waals surface area contributed by atoms with E-state index in [1.54, 1.807) is 7.11 Å². The summed E-state index contributed by atoms with van der Waals surface area (Å²) in [5, 5.41) is 10.0. The summed E-state index contributed by atoms with van der Waals surface area (Å²) in [4.78, 5) is 12.3. The third kappa shape index (κ3) is 3.36. The predicted molar refractivity (Wildman–Crippen MR) is 83.1 cm³/mol. The molecule has 5 nitrogen and oxygen atoms in total. The normalized spacial score (nSPS) is 17.0. The summed E-state index contributed by atoms with van der Waals surface area (Å²) in [7, 11) is 1.64. The van der Waals surface area contributed by atoms with Crippen LogP contribution < -0.4 is 5.32 Å². The standard InChI is InChI=1S/C17H21N3O2/c1-22-11-16-9-15(19-20-16)10-18-17(21)14-7-6-12-4-2-3-5-13(12)8-14/h2-5,9,14H,6-8,10-11H2,1H3,(H,18,21)(H,19,20)/t14-/m0/s1. The zero-order valence-corrected chi connectivity index (χ0v) is 12.8. The van der Waals surface area contributed by atoms with Gasteiger partial charge in [0.1, 0.15) is 0 Å². The van der Waals surface area contributed by atoms with E-state index in [1.807, 2.05) is 12.1 Å². The molecule has 1 amide bonds. The number of hydrogen-bond acceptors (Lipinski definition) is 3. The minimum absolute atomic E-state index is 0.0660. The van der Waals surface area contributed by atoms with Gasteiger partial charge in [0.2, 0.25) is 5.91 Å². The molecule has 5 heteroatoms. The second-order valence-electron chi connectivity index (χ2n) is 5.74. The molecule has 0 radical (unpaired) electrons. The Morgan fingerprint density at radius 3 is 3.05 bits per heavy atom. The van der Waals surface area contributed by atoms with Gasteiger partial charge in [-0.1, -0.05) is 24.3 Å². The number of aromatic nitrogens is 2. The fraction of sp³-hybridized carbons (Fsp3) is 0.412. The van der Waals surface area contributed by atoms with E-state index in [0.29, 0.717) is 13.2 Å². The van der Waals surface area contributed by atoms with Gasteiger partial charge in [-0.3, -0.25) is 9.89 Å². The molecule has 0 saturated carbocycles. The fourth-order valence-corrected chi connectivity index (χ4v) is 2.97. The zero-order chi connectivity index (χ0) is 15.4. The lowest BCUT2D eigenvalue weighted by molar-refractivity contribution is -0.125. The Kier molecular flexibility index (Phi) is 4.53. The number of methoxy groups -OCH3 is 1. The summed E-state index contributed by atoms with van der Waals surface area (Å²) in [5.74, 6) is 0.189. The highest BCUT2D eigenvalue weighted by Gasteiger charge is 2.24. The van der Waals surface area contributed by atoms with Crippen molar-refractivity contribution in [3.8, 4) is 0 Å². The van der Waals surface area contributed by atoms with Crippen LogP contribution in [0.2, 0.25) is 0 Å². The molecule has 0 unspecified atom stereocenters. The quantitative estimate of drug-likeness (QED) is 0.887. The van der Waals surface area contributed by atoms with E-state index in [4.69, 9.17) is 4.74 Å². The number of nitrogens with one attached hydrogen (secondary N) is 2. The van der Waals surface area contributed by atoms with E-state index >= 15 is 0 Å². The van der Waals surface area contributed by atoms with Crippen LogP contribution in [0, 0.1) is 5.92 Å². The predicted octanol–water partition coefficient (Wildman–Crippen LogP) is 1.98. The van der Waals surface area contributed by atoms with Crippen LogP contribution in [0.4, 0.5) is 0 Å². The molecule has 1 aromatic carbocycles. The Bertz CT molecular complexity index is 651. The van der Waals surface area contributed by atoms with Crippen molar-refractivity contribution >= 4 is 5.91 Å². The van der Waals surface area contributed by atoms with E-state index in [9.17, 15) is 4.79 Å². The Labute approximate surface area is 130 Å². The molecule has 2 aromatic rings. The van der Waals surface area contributed by atoms with Crippen molar-refractivity contribution in [2.24, 2.45) is 5.92 Å². The number of carbonyl (C=O) groups is 1. The summed E-state index contributed by atoms with van der Waals surface area (Å²) < 4.78 is 5.03. The fourth-order valence-electron chi connectivity index (χ4n) is 2.97. The van der Waals surface area contributed by atoms with Gasteiger partial charge in [-0.15, -0.1) is 0 Å². The van der Waals surface area contributed by atoms with Gasteiger partial charge >= 0.3 is 0 Å². The molecule has 3 rings (SSSR count). The minimum atomic E-state index is 0.0660. The Morgan fingerprint density at radius 2 is 2.23 bits per heavy atom. The van der Waals surface area contributed by atoms with Gasteiger partial charge in [0.25, 0.3) is 0 Å². The van der Waals surface area contributed by atoms with Crippen LogP contribution in [0.15, 0.2) is 30.3 Å². The number of fused-ring (bicyclic) bond motifs is 1. The summed E-state index contributed by atoms with van der Waals surface area (Å²) in [6.45, 7) is 0.956. The highest BCUT2D eigenvalue weighted by atomic mass is 16.5. The number of H-pyrrole nitrogens is 1. The van der Waals surface area contributed by atoms with Gasteiger partial charge in [-0.05, 0) is 36.5 Å². The molecule has 0 aliphatic heterocycles. The summed E-state index contributed by atoms with van der Waals surface area (Å²) >= 11 is 0. The van der Waals surface area contributed by atoms with Crippen molar-refractivity contribution in [3.05, 3.63) is 52.8 Å². The van der Waals surface area contributed by atoms with E-state index in [-0.39, 0.29) is 11.8 Å². The molecule has 1 aliphatic rings. The van der Waals surface area contributed by atoms with E-state index < -0.39 is 0 Å². The van der Waals surface area contributed by atoms with Crippen molar-refractivity contribution in [1.29, 1.82) is 0 Å². The summed E-state index contributed by atoms with van der Waals surface area (Å²) in [6, 6.07) is 10.3. The number of aromatic amines is 1. The maximum absolute atomic E-state index is 12.3. The topological polar surface area (TPSA) is 67.0 Å². The third-order valence-electron chi connectivity index (χ3n) is 4.15. The van der Waals surface area contributed by atoms with Crippen LogP contribution in [-0.2, 0) is 35.5 Å². The highest BCUT2D eigenvalue weighted by molar-refractivity contribution is 5.79. The van der Waals surface area contributed by atoms with Crippen LogP contribution >= 0.6 is 0 Å². The molecule has 2 N–H and O–H groups in total. The first-order valence-electron chi connectivity index (χ1n) is 7.63. The molecule has 1 heterocycles. The zero-order valence-electron chi connectivity index (χ0n) is 12.8. The maximum atomic E-state index is 12.3. The van der Waals surface area contributed by atoms with E-state index in [2.05, 4.69) is 33.7 Å². The Morgan fingerprint density at radius 1 is 1.41 bits per heavy atom. The molecule has 1 aromatic heterocycles. The molecular formula is C17H21N3O2. The van der Waals surface area contributed by atoms with Crippen LogP contribution in [0.1, 0.15) is 28.9 Å². The van der Waals surface area contributed by atoms with Crippen molar-refractivity contribution in [2.75, 3.05) is 7.11 Å². The second kappa shape index (κ2) is 6.75. The molecule has 22 heavy (non-hydrogen) atoms. The Hall–Kier alpha value is -2.14. The number of carbonyl (C=O) groups excluding carboxylic acids is 1. The summed E-state index contributed by atoms with van der Waals surface area (Å²) in [5.41, 5.74) is 4.43. The lowest BCUT2D eigenvalue weighted by atomic mass is 9.83. The van der Waals surface area contributed by atoms with Gasteiger partial charge in [0.15, 0.2) is 0 Å². The lowest BCUT2D eigenvalue weighted by Crippen LogP contribution is -2.33. The average Bonchev–Trinajstić information content (AvgIpc) is 3.00. The number of rotatable bonds is 5. The summed E-state index contributed by atoms with van der Waals surface area (Å²) in [6.07, 6.45) is 2.73. The number of amides is 1. The van der Waals surface area contributed by atoms with Crippen molar-refractivity contribution in [2.45, 2.75) is 32.4 Å². The number of benzene rings is 1. The van der Waals surface area contributed by atoms with Gasteiger partial charge in [0, 0.05) is 13.0 Å². The molecule has 116 valence electrons. The molecule has 0 fully saturated rings. The van der Waals surface area contributed by atoms with Gasteiger partial charge in [0.05, 0.1) is 24.5 Å². The smallest absolute Gasteiger partial charge is 0.223 e. The van der Waals surface area contributed by atoms with Gasteiger partial charge < -0.3 is 10.1 Å². The number of hydrogen-bond donors (Lipinski definition) is 2. The van der Waals surface area contributed by atoms with Crippen molar-refractivity contribution < 1.29 is 9.53 Å². The largest absolute Gasteiger partial charge is 0.378 e. The van der Waals surface area contributed by atoms with Gasteiger partial charge in [-0.25, -0.2) is 0 Å². The van der Waals surface area contributed by atoms with Crippen molar-refractivity contribution in [3.63, 3.8) is 0 Å². The Balaban J connectivity index is 1.54. The highest BCUT2D eigenvalue weighted by Crippen LogP contribution is 2.25. The number of ether oxygens (including phenoxy) is 1. The molecule has 1 aliphatic carbocycles.